The highest BCUT2D eigenvalue weighted by molar-refractivity contribution is 5.32. The molecule has 1 aliphatic heterocycles. The van der Waals surface area contributed by atoms with Crippen molar-refractivity contribution in [3.63, 3.8) is 0 Å². The van der Waals surface area contributed by atoms with Gasteiger partial charge in [-0.1, -0.05) is 24.3 Å². The first kappa shape index (κ1) is 14.0. The summed E-state index contributed by atoms with van der Waals surface area (Å²) in [6.45, 7) is 2.08. The highest BCUT2D eigenvalue weighted by atomic mass is 16.5. The van der Waals surface area contributed by atoms with E-state index in [9.17, 15) is 5.26 Å². The monoisotopic (exact) mass is 260 g/mol. The van der Waals surface area contributed by atoms with Crippen LogP contribution < -0.4 is 5.32 Å². The zero-order valence-corrected chi connectivity index (χ0v) is 11.3. The van der Waals surface area contributed by atoms with Crippen molar-refractivity contribution in [2.75, 3.05) is 20.3 Å². The SMILES string of the molecule is COCc1ccccc1C(C#N)NCC1CCCO1. The molecule has 1 aliphatic rings. The average Bonchev–Trinajstić information content (AvgIpc) is 2.95. The van der Waals surface area contributed by atoms with Gasteiger partial charge in [0.25, 0.3) is 0 Å². The molecule has 1 saturated heterocycles. The van der Waals surface area contributed by atoms with E-state index in [1.54, 1.807) is 7.11 Å². The van der Waals surface area contributed by atoms with Gasteiger partial charge in [-0.2, -0.15) is 5.26 Å². The summed E-state index contributed by atoms with van der Waals surface area (Å²) in [5, 5.41) is 12.6. The minimum absolute atomic E-state index is 0.241. The zero-order chi connectivity index (χ0) is 13.5. The van der Waals surface area contributed by atoms with Crippen LogP contribution in [-0.4, -0.2) is 26.4 Å². The Labute approximate surface area is 114 Å². The Morgan fingerprint density at radius 2 is 2.37 bits per heavy atom. The number of rotatable bonds is 6. The van der Waals surface area contributed by atoms with Crippen LogP contribution in [0.5, 0.6) is 0 Å². The number of ether oxygens (including phenoxy) is 2. The van der Waals surface area contributed by atoms with E-state index in [0.717, 1.165) is 37.1 Å². The molecule has 4 nitrogen and oxygen atoms in total. The van der Waals surface area contributed by atoms with E-state index >= 15 is 0 Å². The maximum atomic E-state index is 9.35. The molecular weight excluding hydrogens is 240 g/mol. The Bertz CT molecular complexity index is 436. The molecule has 0 spiro atoms. The van der Waals surface area contributed by atoms with Crippen LogP contribution in [0.15, 0.2) is 24.3 Å². The lowest BCUT2D eigenvalue weighted by molar-refractivity contribution is 0.109. The molecule has 0 radical (unpaired) electrons. The van der Waals surface area contributed by atoms with Crippen LogP contribution in [0, 0.1) is 11.3 Å². The zero-order valence-electron chi connectivity index (χ0n) is 11.3. The average molecular weight is 260 g/mol. The Hall–Kier alpha value is -1.41. The van der Waals surface area contributed by atoms with E-state index in [4.69, 9.17) is 9.47 Å². The van der Waals surface area contributed by atoms with E-state index in [2.05, 4.69) is 11.4 Å². The van der Waals surface area contributed by atoms with E-state index < -0.39 is 0 Å². The van der Waals surface area contributed by atoms with Crippen molar-refractivity contribution in [2.24, 2.45) is 0 Å². The first-order valence-corrected chi connectivity index (χ1v) is 6.66. The lowest BCUT2D eigenvalue weighted by atomic mass is 10.0. The molecule has 2 rings (SSSR count). The van der Waals surface area contributed by atoms with E-state index in [0.29, 0.717) is 6.61 Å². The molecule has 2 unspecified atom stereocenters. The lowest BCUT2D eigenvalue weighted by Crippen LogP contribution is -2.30. The minimum atomic E-state index is -0.310. The Morgan fingerprint density at radius 3 is 3.05 bits per heavy atom. The van der Waals surface area contributed by atoms with Crippen LogP contribution in [-0.2, 0) is 16.1 Å². The molecule has 1 N–H and O–H groups in total. The molecular formula is C15H20N2O2. The van der Waals surface area contributed by atoms with Gasteiger partial charge in [-0.25, -0.2) is 0 Å². The smallest absolute Gasteiger partial charge is 0.121 e. The van der Waals surface area contributed by atoms with Gasteiger partial charge in [-0.15, -0.1) is 0 Å². The third-order valence-corrected chi connectivity index (χ3v) is 3.37. The van der Waals surface area contributed by atoms with Gasteiger partial charge in [0.15, 0.2) is 0 Å². The minimum Gasteiger partial charge on any atom is -0.380 e. The van der Waals surface area contributed by atoms with Crippen LogP contribution in [0.4, 0.5) is 0 Å². The highest BCUT2D eigenvalue weighted by Gasteiger charge is 2.19. The van der Waals surface area contributed by atoms with Crippen molar-refractivity contribution in [3.05, 3.63) is 35.4 Å². The van der Waals surface area contributed by atoms with Crippen molar-refractivity contribution in [1.82, 2.24) is 5.32 Å². The van der Waals surface area contributed by atoms with Crippen LogP contribution in [0.25, 0.3) is 0 Å². The third-order valence-electron chi connectivity index (χ3n) is 3.37. The summed E-state index contributed by atoms with van der Waals surface area (Å²) in [5.41, 5.74) is 2.04. The second-order valence-electron chi connectivity index (χ2n) is 4.74. The molecule has 0 aliphatic carbocycles. The molecule has 0 bridgehead atoms. The molecule has 102 valence electrons. The summed E-state index contributed by atoms with van der Waals surface area (Å²) in [6.07, 6.45) is 2.43. The van der Waals surface area contributed by atoms with E-state index in [-0.39, 0.29) is 12.1 Å². The van der Waals surface area contributed by atoms with E-state index in [1.807, 2.05) is 24.3 Å². The first-order chi connectivity index (χ1) is 9.35. The van der Waals surface area contributed by atoms with Crippen molar-refractivity contribution in [3.8, 4) is 6.07 Å². The molecule has 1 aromatic carbocycles. The molecule has 19 heavy (non-hydrogen) atoms. The number of hydrogen-bond acceptors (Lipinski definition) is 4. The van der Waals surface area contributed by atoms with Gasteiger partial charge < -0.3 is 9.47 Å². The normalized spacial score (nSPS) is 20.1. The fourth-order valence-corrected chi connectivity index (χ4v) is 2.38. The predicted molar refractivity (Wildman–Crippen MR) is 72.5 cm³/mol. The molecule has 2 atom stereocenters. The quantitative estimate of drug-likeness (QED) is 0.851. The number of nitriles is 1. The van der Waals surface area contributed by atoms with Crippen molar-refractivity contribution >= 4 is 0 Å². The predicted octanol–water partition coefficient (Wildman–Crippen LogP) is 2.17. The Morgan fingerprint density at radius 1 is 1.53 bits per heavy atom. The summed E-state index contributed by atoms with van der Waals surface area (Å²) in [5.74, 6) is 0. The van der Waals surface area contributed by atoms with Crippen molar-refractivity contribution in [1.29, 1.82) is 5.26 Å². The molecule has 0 aromatic heterocycles. The van der Waals surface area contributed by atoms with Gasteiger partial charge in [-0.05, 0) is 24.0 Å². The van der Waals surface area contributed by atoms with Crippen LogP contribution >= 0.6 is 0 Å². The van der Waals surface area contributed by atoms with Gasteiger partial charge in [0.1, 0.15) is 6.04 Å². The standard InChI is InChI=1S/C15H20N2O2/c1-18-11-12-5-2-3-7-14(12)15(9-16)17-10-13-6-4-8-19-13/h2-3,5,7,13,15,17H,4,6,8,10-11H2,1H3. The molecule has 0 amide bonds. The van der Waals surface area contributed by atoms with Gasteiger partial charge >= 0.3 is 0 Å². The maximum absolute atomic E-state index is 9.35. The fourth-order valence-electron chi connectivity index (χ4n) is 2.38. The van der Waals surface area contributed by atoms with Gasteiger partial charge in [-0.3, -0.25) is 5.32 Å². The molecule has 1 aromatic rings. The van der Waals surface area contributed by atoms with Crippen molar-refractivity contribution in [2.45, 2.75) is 31.6 Å². The van der Waals surface area contributed by atoms with Gasteiger partial charge in [0, 0.05) is 20.3 Å². The number of nitrogens with one attached hydrogen (secondary N) is 1. The highest BCUT2D eigenvalue weighted by Crippen LogP contribution is 2.19. The number of hydrogen-bond donors (Lipinski definition) is 1. The summed E-state index contributed by atoms with van der Waals surface area (Å²) in [7, 11) is 1.66. The molecule has 0 saturated carbocycles. The third kappa shape index (κ3) is 3.77. The topological polar surface area (TPSA) is 54.3 Å². The summed E-state index contributed by atoms with van der Waals surface area (Å²) in [6, 6.07) is 9.90. The molecule has 4 heteroatoms. The first-order valence-electron chi connectivity index (χ1n) is 6.66. The van der Waals surface area contributed by atoms with Crippen LogP contribution in [0.3, 0.4) is 0 Å². The summed E-state index contributed by atoms with van der Waals surface area (Å²) < 4.78 is 10.7. The van der Waals surface area contributed by atoms with Crippen LogP contribution in [0.1, 0.15) is 30.0 Å². The number of methoxy groups -OCH3 is 1. The lowest BCUT2D eigenvalue weighted by Gasteiger charge is -2.18. The van der Waals surface area contributed by atoms with Gasteiger partial charge in [0.2, 0.25) is 0 Å². The molecule has 1 fully saturated rings. The molecule has 1 heterocycles. The number of benzene rings is 1. The van der Waals surface area contributed by atoms with Crippen molar-refractivity contribution < 1.29 is 9.47 Å². The van der Waals surface area contributed by atoms with E-state index in [1.165, 1.54) is 0 Å². The Balaban J connectivity index is 2.02. The fraction of sp³-hybridized carbons (Fsp3) is 0.533. The maximum Gasteiger partial charge on any atom is 0.121 e. The number of nitrogens with zero attached hydrogens (tertiary/aromatic N) is 1. The second-order valence-corrected chi connectivity index (χ2v) is 4.74. The largest absolute Gasteiger partial charge is 0.380 e. The van der Waals surface area contributed by atoms with Crippen LogP contribution in [0.2, 0.25) is 0 Å². The summed E-state index contributed by atoms with van der Waals surface area (Å²) in [4.78, 5) is 0. The summed E-state index contributed by atoms with van der Waals surface area (Å²) >= 11 is 0. The second kappa shape index (κ2) is 7.25. The Kier molecular flexibility index (Phi) is 5.34. The van der Waals surface area contributed by atoms with Gasteiger partial charge in [0.05, 0.1) is 18.8 Å².